The van der Waals surface area contributed by atoms with Crippen molar-refractivity contribution < 1.29 is 0 Å². The highest BCUT2D eigenvalue weighted by Crippen LogP contribution is 2.52. The third-order valence-corrected chi connectivity index (χ3v) is 11.2. The van der Waals surface area contributed by atoms with E-state index in [9.17, 15) is 0 Å². The molecule has 0 amide bonds. The summed E-state index contributed by atoms with van der Waals surface area (Å²) in [4.78, 5) is 7.13. The summed E-state index contributed by atoms with van der Waals surface area (Å²) in [6.45, 7) is 6.41. The Morgan fingerprint density at radius 2 is 0.623 bits per heavy atom. The van der Waals surface area contributed by atoms with Gasteiger partial charge in [-0.05, 0) is 104 Å². The molecule has 0 saturated heterocycles. The van der Waals surface area contributed by atoms with Gasteiger partial charge in [0.15, 0.2) is 0 Å². The molecule has 1 heterocycles. The maximum atomic E-state index is 2.35. The van der Waals surface area contributed by atoms with E-state index < -0.39 is 0 Å². The Morgan fingerprint density at radius 3 is 1.04 bits per heavy atom. The minimum Gasteiger partial charge on any atom is -0.345 e. The molecule has 0 atom stereocenters. The quantitative estimate of drug-likeness (QED) is 0.148. The summed E-state index contributed by atoms with van der Waals surface area (Å²) in [5.41, 5.74) is 16.8. The van der Waals surface area contributed by atoms with Crippen LogP contribution in [0.3, 0.4) is 0 Å². The highest BCUT2D eigenvalue weighted by Gasteiger charge is 2.23. The molecule has 2 nitrogen and oxygen atoms in total. The van der Waals surface area contributed by atoms with E-state index in [0.717, 1.165) is 22.7 Å². The molecule has 258 valence electrons. The van der Waals surface area contributed by atoms with Crippen LogP contribution in [0.15, 0.2) is 182 Å². The van der Waals surface area contributed by atoms with Crippen molar-refractivity contribution in [2.24, 2.45) is 0 Å². The minimum absolute atomic E-state index is 1.11. The molecule has 8 aromatic rings. The number of benzene rings is 7. The Balaban J connectivity index is 1.23. The molecule has 53 heavy (non-hydrogen) atoms. The number of anilines is 5. The van der Waals surface area contributed by atoms with Crippen LogP contribution in [0.4, 0.5) is 28.4 Å². The van der Waals surface area contributed by atoms with E-state index in [1.165, 1.54) is 65.5 Å². The predicted molar refractivity (Wildman–Crippen MR) is 229 cm³/mol. The first-order chi connectivity index (χ1) is 25.9. The second kappa shape index (κ2) is 14.8. The lowest BCUT2D eigenvalue weighted by Crippen LogP contribution is -2.12. The lowest BCUT2D eigenvalue weighted by molar-refractivity contribution is 1.20. The molecular weight excluding hydrogens is 661 g/mol. The summed E-state index contributed by atoms with van der Waals surface area (Å²) in [6.07, 6.45) is 0. The van der Waals surface area contributed by atoms with E-state index in [4.69, 9.17) is 0 Å². The SMILES string of the molecule is Cc1ccc(-c2sc(-c3ccc(N(c4ccc(C)cc4)c4ccc(N(C)c5ccc(C)cc5)cc4)cc3)c(-c3ccccc3)c2-c2ccccc2)cc1. The van der Waals surface area contributed by atoms with Gasteiger partial charge in [-0.15, -0.1) is 11.3 Å². The lowest BCUT2D eigenvalue weighted by Gasteiger charge is -2.27. The zero-order valence-corrected chi connectivity index (χ0v) is 31.4. The Hall–Kier alpha value is -6.16. The number of rotatable bonds is 9. The predicted octanol–water partition coefficient (Wildman–Crippen LogP) is 14.6. The van der Waals surface area contributed by atoms with Crippen molar-refractivity contribution in [3.05, 3.63) is 199 Å². The first kappa shape index (κ1) is 34.0. The average Bonchev–Trinajstić information content (AvgIpc) is 3.61. The van der Waals surface area contributed by atoms with Crippen LogP contribution in [0.25, 0.3) is 43.1 Å². The summed E-state index contributed by atoms with van der Waals surface area (Å²) in [6, 6.07) is 66.1. The van der Waals surface area contributed by atoms with Crippen LogP contribution >= 0.6 is 11.3 Å². The summed E-state index contributed by atoms with van der Waals surface area (Å²) in [5, 5.41) is 0. The van der Waals surface area contributed by atoms with Gasteiger partial charge in [0.1, 0.15) is 0 Å². The standard InChI is InChI=1S/C50H42N2S/c1-35-15-21-40(22-16-35)49-47(38-11-7-5-8-12-38)48(39-13-9-6-10-14-39)50(53-49)41-23-29-45(30-24-41)52(44-27-19-37(3)20-28-44)46-33-31-43(32-34-46)51(4)42-25-17-36(2)18-26-42/h5-34H,1-4H3. The van der Waals surface area contributed by atoms with E-state index in [0.29, 0.717) is 0 Å². The van der Waals surface area contributed by atoms with Gasteiger partial charge in [-0.1, -0.05) is 138 Å². The van der Waals surface area contributed by atoms with Gasteiger partial charge in [0.2, 0.25) is 0 Å². The summed E-state index contributed by atoms with van der Waals surface area (Å²) in [7, 11) is 2.12. The first-order valence-corrected chi connectivity index (χ1v) is 19.0. The van der Waals surface area contributed by atoms with Crippen LogP contribution in [-0.4, -0.2) is 7.05 Å². The first-order valence-electron chi connectivity index (χ1n) is 18.2. The van der Waals surface area contributed by atoms with Gasteiger partial charge in [-0.3, -0.25) is 0 Å². The van der Waals surface area contributed by atoms with Crippen molar-refractivity contribution in [1.82, 2.24) is 0 Å². The van der Waals surface area contributed by atoms with Gasteiger partial charge in [0.25, 0.3) is 0 Å². The van der Waals surface area contributed by atoms with E-state index in [2.05, 4.69) is 220 Å². The van der Waals surface area contributed by atoms with E-state index in [1.807, 2.05) is 11.3 Å². The maximum Gasteiger partial charge on any atom is 0.0463 e. The number of nitrogens with zero attached hydrogens (tertiary/aromatic N) is 2. The third kappa shape index (κ3) is 7.04. The Kier molecular flexibility index (Phi) is 9.50. The van der Waals surface area contributed by atoms with Crippen molar-refractivity contribution in [3.8, 4) is 43.1 Å². The van der Waals surface area contributed by atoms with Crippen molar-refractivity contribution >= 4 is 39.8 Å². The van der Waals surface area contributed by atoms with Crippen LogP contribution in [-0.2, 0) is 0 Å². The minimum atomic E-state index is 1.11. The van der Waals surface area contributed by atoms with Crippen molar-refractivity contribution in [1.29, 1.82) is 0 Å². The molecule has 0 N–H and O–H groups in total. The zero-order valence-electron chi connectivity index (χ0n) is 30.6. The van der Waals surface area contributed by atoms with Crippen molar-refractivity contribution in [2.75, 3.05) is 16.8 Å². The zero-order chi connectivity index (χ0) is 36.3. The Labute approximate surface area is 317 Å². The van der Waals surface area contributed by atoms with Gasteiger partial charge in [-0.2, -0.15) is 0 Å². The number of thiophene rings is 1. The third-order valence-electron chi connectivity index (χ3n) is 9.94. The molecule has 0 saturated carbocycles. The fraction of sp³-hybridized carbons (Fsp3) is 0.0800. The molecule has 1 aromatic heterocycles. The molecule has 8 rings (SSSR count). The van der Waals surface area contributed by atoms with Crippen LogP contribution in [0, 0.1) is 20.8 Å². The van der Waals surface area contributed by atoms with Gasteiger partial charge in [-0.25, -0.2) is 0 Å². The highest BCUT2D eigenvalue weighted by atomic mass is 32.1. The van der Waals surface area contributed by atoms with Crippen LogP contribution < -0.4 is 9.80 Å². The fourth-order valence-electron chi connectivity index (χ4n) is 6.95. The number of aryl methyl sites for hydroxylation is 3. The van der Waals surface area contributed by atoms with E-state index in [-0.39, 0.29) is 0 Å². The second-order valence-electron chi connectivity index (χ2n) is 13.7. The largest absolute Gasteiger partial charge is 0.345 e. The molecule has 0 fully saturated rings. The van der Waals surface area contributed by atoms with Crippen molar-refractivity contribution in [3.63, 3.8) is 0 Å². The molecule has 0 spiro atoms. The number of hydrogen-bond acceptors (Lipinski definition) is 3. The summed E-state index contributed by atoms with van der Waals surface area (Å²) >= 11 is 1.88. The van der Waals surface area contributed by atoms with Crippen LogP contribution in [0.2, 0.25) is 0 Å². The molecule has 0 aliphatic rings. The molecule has 3 heteroatoms. The van der Waals surface area contributed by atoms with Crippen LogP contribution in [0.5, 0.6) is 0 Å². The van der Waals surface area contributed by atoms with E-state index in [1.54, 1.807) is 0 Å². The van der Waals surface area contributed by atoms with Crippen LogP contribution in [0.1, 0.15) is 16.7 Å². The van der Waals surface area contributed by atoms with Gasteiger partial charge < -0.3 is 9.80 Å². The van der Waals surface area contributed by atoms with Gasteiger partial charge in [0.05, 0.1) is 0 Å². The summed E-state index contributed by atoms with van der Waals surface area (Å²) < 4.78 is 0. The topological polar surface area (TPSA) is 6.48 Å². The van der Waals surface area contributed by atoms with E-state index >= 15 is 0 Å². The fourth-order valence-corrected chi connectivity index (χ4v) is 8.30. The smallest absolute Gasteiger partial charge is 0.0463 e. The Bertz CT molecular complexity index is 2430. The van der Waals surface area contributed by atoms with Gasteiger partial charge >= 0.3 is 0 Å². The highest BCUT2D eigenvalue weighted by molar-refractivity contribution is 7.20. The maximum absolute atomic E-state index is 2.35. The molecular formula is C50H42N2S. The summed E-state index contributed by atoms with van der Waals surface area (Å²) in [5.74, 6) is 0. The molecule has 0 unspecified atom stereocenters. The normalized spacial score (nSPS) is 11.0. The molecule has 0 radical (unpaired) electrons. The average molecular weight is 703 g/mol. The molecule has 0 aliphatic carbocycles. The Morgan fingerprint density at radius 1 is 0.321 bits per heavy atom. The lowest BCUT2D eigenvalue weighted by atomic mass is 9.91. The number of hydrogen-bond donors (Lipinski definition) is 0. The van der Waals surface area contributed by atoms with Crippen molar-refractivity contribution in [2.45, 2.75) is 20.8 Å². The molecule has 0 aliphatic heterocycles. The van der Waals surface area contributed by atoms with Gasteiger partial charge in [0, 0.05) is 56.4 Å². The molecule has 7 aromatic carbocycles. The second-order valence-corrected chi connectivity index (χ2v) is 14.8. The monoisotopic (exact) mass is 702 g/mol. The molecule has 0 bridgehead atoms.